The summed E-state index contributed by atoms with van der Waals surface area (Å²) in [4.78, 5) is 13.3. The molecule has 14 heavy (non-hydrogen) atoms. The first-order valence-electron chi connectivity index (χ1n) is 5.27. The van der Waals surface area contributed by atoms with E-state index in [0.29, 0.717) is 6.54 Å². The van der Waals surface area contributed by atoms with Crippen molar-refractivity contribution >= 4 is 5.91 Å². The maximum Gasteiger partial charge on any atom is 0.234 e. The van der Waals surface area contributed by atoms with Crippen molar-refractivity contribution in [2.75, 3.05) is 26.7 Å². The number of hydrogen-bond acceptors (Lipinski definition) is 3. The van der Waals surface area contributed by atoms with E-state index < -0.39 is 0 Å². The van der Waals surface area contributed by atoms with Crippen LogP contribution in [0.5, 0.6) is 0 Å². The molecule has 0 spiro atoms. The van der Waals surface area contributed by atoms with Crippen LogP contribution in [0.4, 0.5) is 0 Å². The molecule has 0 radical (unpaired) electrons. The minimum absolute atomic E-state index is 0.0963. The van der Waals surface area contributed by atoms with Crippen LogP contribution < -0.4 is 11.1 Å². The van der Waals surface area contributed by atoms with Crippen LogP contribution in [-0.4, -0.2) is 43.5 Å². The number of amides is 1. The molecule has 0 fully saturated rings. The Kier molecular flexibility index (Phi) is 7.42. The average Bonchev–Trinajstić information content (AvgIpc) is 2.11. The minimum Gasteiger partial charge on any atom is -0.355 e. The molecule has 0 aliphatic heterocycles. The lowest BCUT2D eigenvalue weighted by atomic mass is 10.2. The molecule has 4 heteroatoms. The van der Waals surface area contributed by atoms with Crippen molar-refractivity contribution < 1.29 is 4.79 Å². The zero-order valence-corrected chi connectivity index (χ0v) is 9.55. The van der Waals surface area contributed by atoms with Crippen molar-refractivity contribution in [1.29, 1.82) is 0 Å². The van der Waals surface area contributed by atoms with E-state index in [9.17, 15) is 4.79 Å². The van der Waals surface area contributed by atoms with Gasteiger partial charge in [0.25, 0.3) is 0 Å². The summed E-state index contributed by atoms with van der Waals surface area (Å²) in [6.45, 7) is 6.12. The molecule has 0 heterocycles. The largest absolute Gasteiger partial charge is 0.355 e. The van der Waals surface area contributed by atoms with E-state index in [4.69, 9.17) is 5.73 Å². The topological polar surface area (TPSA) is 58.4 Å². The van der Waals surface area contributed by atoms with E-state index in [2.05, 4.69) is 5.32 Å². The number of nitrogens with two attached hydrogens (primary N) is 1. The summed E-state index contributed by atoms with van der Waals surface area (Å²) in [6, 6.07) is 0.205. The van der Waals surface area contributed by atoms with Gasteiger partial charge in [-0.05, 0) is 33.4 Å². The van der Waals surface area contributed by atoms with Crippen LogP contribution in [0.1, 0.15) is 26.7 Å². The third-order valence-corrected chi connectivity index (χ3v) is 1.95. The molecule has 0 saturated carbocycles. The van der Waals surface area contributed by atoms with Gasteiger partial charge in [0.15, 0.2) is 0 Å². The van der Waals surface area contributed by atoms with Crippen LogP contribution in [0.25, 0.3) is 0 Å². The van der Waals surface area contributed by atoms with Crippen LogP contribution in [0.2, 0.25) is 0 Å². The quantitative estimate of drug-likeness (QED) is 0.618. The number of carbonyl (C=O) groups excluding carboxylic acids is 1. The van der Waals surface area contributed by atoms with E-state index in [1.54, 1.807) is 0 Å². The summed E-state index contributed by atoms with van der Waals surface area (Å²) in [5.41, 5.74) is 5.62. The van der Waals surface area contributed by atoms with Crippen LogP contribution in [-0.2, 0) is 4.79 Å². The van der Waals surface area contributed by atoms with Gasteiger partial charge in [-0.25, -0.2) is 0 Å². The smallest absolute Gasteiger partial charge is 0.234 e. The lowest BCUT2D eigenvalue weighted by Gasteiger charge is -2.17. The van der Waals surface area contributed by atoms with Crippen molar-refractivity contribution in [3.63, 3.8) is 0 Å². The lowest BCUT2D eigenvalue weighted by Crippen LogP contribution is -2.37. The minimum atomic E-state index is 0.0963. The Morgan fingerprint density at radius 1 is 1.57 bits per heavy atom. The van der Waals surface area contributed by atoms with Crippen LogP contribution >= 0.6 is 0 Å². The maximum atomic E-state index is 11.3. The zero-order valence-electron chi connectivity index (χ0n) is 9.55. The Morgan fingerprint density at radius 3 is 2.71 bits per heavy atom. The van der Waals surface area contributed by atoms with Crippen LogP contribution in [0.15, 0.2) is 0 Å². The van der Waals surface area contributed by atoms with Gasteiger partial charge in [0, 0.05) is 12.6 Å². The molecule has 3 N–H and O–H groups in total. The van der Waals surface area contributed by atoms with Crippen LogP contribution in [0.3, 0.4) is 0 Å². The Bertz CT molecular complexity index is 159. The lowest BCUT2D eigenvalue weighted by molar-refractivity contribution is -0.121. The van der Waals surface area contributed by atoms with Crippen molar-refractivity contribution in [3.05, 3.63) is 0 Å². The molecule has 1 atom stereocenters. The molecule has 0 rings (SSSR count). The van der Waals surface area contributed by atoms with Gasteiger partial charge in [-0.1, -0.05) is 6.92 Å². The van der Waals surface area contributed by atoms with E-state index in [0.717, 1.165) is 25.9 Å². The molecule has 1 unspecified atom stereocenters. The summed E-state index contributed by atoms with van der Waals surface area (Å²) in [7, 11) is 1.94. The molecule has 4 nitrogen and oxygen atoms in total. The van der Waals surface area contributed by atoms with Crippen molar-refractivity contribution in [2.45, 2.75) is 32.7 Å². The fraction of sp³-hybridized carbons (Fsp3) is 0.900. The second kappa shape index (κ2) is 7.76. The number of nitrogens with zero attached hydrogens (tertiary/aromatic N) is 1. The van der Waals surface area contributed by atoms with Crippen LogP contribution in [0, 0.1) is 0 Å². The molecule has 1 amide bonds. The molecule has 84 valence electrons. The predicted octanol–water partition coefficient (Wildman–Crippen LogP) is 0.182. The highest BCUT2D eigenvalue weighted by molar-refractivity contribution is 5.77. The highest BCUT2D eigenvalue weighted by atomic mass is 16.1. The Labute approximate surface area is 86.8 Å². The molecular weight excluding hydrogens is 178 g/mol. The molecule has 0 aromatic rings. The van der Waals surface area contributed by atoms with Gasteiger partial charge in [0.05, 0.1) is 6.54 Å². The SMILES string of the molecule is CCCNC(=O)CN(C)CCC(C)N. The van der Waals surface area contributed by atoms with Gasteiger partial charge in [0.2, 0.25) is 5.91 Å². The van der Waals surface area contributed by atoms with Crippen molar-refractivity contribution in [2.24, 2.45) is 5.73 Å². The first-order chi connectivity index (χ1) is 6.56. The number of likely N-dealkylation sites (N-methyl/N-ethyl adjacent to an activating group) is 1. The van der Waals surface area contributed by atoms with Crippen molar-refractivity contribution in [1.82, 2.24) is 10.2 Å². The summed E-state index contributed by atoms with van der Waals surface area (Å²) < 4.78 is 0. The molecule has 0 aromatic heterocycles. The average molecular weight is 201 g/mol. The summed E-state index contributed by atoms with van der Waals surface area (Å²) >= 11 is 0. The number of carbonyl (C=O) groups is 1. The van der Waals surface area contributed by atoms with E-state index in [-0.39, 0.29) is 11.9 Å². The molecule has 0 aliphatic carbocycles. The van der Waals surface area contributed by atoms with E-state index >= 15 is 0 Å². The fourth-order valence-corrected chi connectivity index (χ4v) is 1.07. The van der Waals surface area contributed by atoms with Gasteiger partial charge in [-0.3, -0.25) is 9.69 Å². The number of rotatable bonds is 7. The highest BCUT2D eigenvalue weighted by Gasteiger charge is 2.05. The standard InChI is InChI=1S/C10H23N3O/c1-4-6-12-10(14)8-13(3)7-5-9(2)11/h9H,4-8,11H2,1-3H3,(H,12,14). The maximum absolute atomic E-state index is 11.3. The van der Waals surface area contributed by atoms with E-state index in [1.807, 2.05) is 25.8 Å². The van der Waals surface area contributed by atoms with E-state index in [1.165, 1.54) is 0 Å². The third kappa shape index (κ3) is 8.01. The van der Waals surface area contributed by atoms with Crippen molar-refractivity contribution in [3.8, 4) is 0 Å². The van der Waals surface area contributed by atoms with Gasteiger partial charge in [0.1, 0.15) is 0 Å². The van der Waals surface area contributed by atoms with Gasteiger partial charge < -0.3 is 11.1 Å². The second-order valence-corrected chi connectivity index (χ2v) is 3.85. The Balaban J connectivity index is 3.50. The first kappa shape index (κ1) is 13.4. The highest BCUT2D eigenvalue weighted by Crippen LogP contribution is 1.90. The first-order valence-corrected chi connectivity index (χ1v) is 5.27. The second-order valence-electron chi connectivity index (χ2n) is 3.85. The number of hydrogen-bond donors (Lipinski definition) is 2. The Hall–Kier alpha value is -0.610. The summed E-state index contributed by atoms with van der Waals surface area (Å²) in [5, 5.41) is 2.84. The fourth-order valence-electron chi connectivity index (χ4n) is 1.07. The summed E-state index contributed by atoms with van der Waals surface area (Å²) in [5.74, 6) is 0.0963. The third-order valence-electron chi connectivity index (χ3n) is 1.95. The van der Waals surface area contributed by atoms with Gasteiger partial charge in [-0.15, -0.1) is 0 Å². The summed E-state index contributed by atoms with van der Waals surface area (Å²) in [6.07, 6.45) is 1.91. The Morgan fingerprint density at radius 2 is 2.21 bits per heavy atom. The predicted molar refractivity (Wildman–Crippen MR) is 59.1 cm³/mol. The van der Waals surface area contributed by atoms with Gasteiger partial charge in [-0.2, -0.15) is 0 Å². The monoisotopic (exact) mass is 201 g/mol. The number of nitrogens with one attached hydrogen (secondary N) is 1. The van der Waals surface area contributed by atoms with Gasteiger partial charge >= 0.3 is 0 Å². The normalized spacial score (nSPS) is 12.9. The molecule has 0 aromatic carbocycles. The molecule has 0 bridgehead atoms. The molecular formula is C10H23N3O. The molecule has 0 aliphatic rings. The molecule has 0 saturated heterocycles. The zero-order chi connectivity index (χ0) is 11.0.